The van der Waals surface area contributed by atoms with Crippen molar-refractivity contribution in [2.24, 2.45) is 5.41 Å². The molecule has 4 heteroatoms. The molecule has 1 amide bonds. The summed E-state index contributed by atoms with van der Waals surface area (Å²) in [5.41, 5.74) is 6.20. The minimum atomic E-state index is -0.124. The van der Waals surface area contributed by atoms with Crippen LogP contribution in [0.15, 0.2) is 24.3 Å². The van der Waals surface area contributed by atoms with Gasteiger partial charge >= 0.3 is 0 Å². The lowest BCUT2D eigenvalue weighted by molar-refractivity contribution is -0.131. The Bertz CT molecular complexity index is 436. The fourth-order valence-corrected chi connectivity index (χ4v) is 2.88. The van der Waals surface area contributed by atoms with Gasteiger partial charge in [-0.25, -0.2) is 0 Å². The van der Waals surface area contributed by atoms with E-state index in [1.807, 2.05) is 12.1 Å². The van der Waals surface area contributed by atoms with Gasteiger partial charge in [0.05, 0.1) is 6.54 Å². The Hall–Kier alpha value is -1.71. The summed E-state index contributed by atoms with van der Waals surface area (Å²) in [6.45, 7) is 3.14. The number of nitrogens with one attached hydrogen (secondary N) is 1. The van der Waals surface area contributed by atoms with Crippen molar-refractivity contribution in [2.45, 2.75) is 39.0 Å². The summed E-state index contributed by atoms with van der Waals surface area (Å²) >= 11 is 0. The van der Waals surface area contributed by atoms with E-state index in [4.69, 9.17) is 10.5 Å². The van der Waals surface area contributed by atoms with E-state index < -0.39 is 0 Å². The summed E-state index contributed by atoms with van der Waals surface area (Å²) in [6, 6.07) is 7.28. The molecule has 4 nitrogen and oxygen atoms in total. The maximum atomic E-state index is 12.3. The Morgan fingerprint density at radius 3 is 2.55 bits per heavy atom. The van der Waals surface area contributed by atoms with Gasteiger partial charge in [-0.15, -0.1) is 0 Å². The Morgan fingerprint density at radius 2 is 1.95 bits per heavy atom. The average molecular weight is 276 g/mol. The molecule has 0 aliphatic heterocycles. The van der Waals surface area contributed by atoms with Crippen molar-refractivity contribution < 1.29 is 9.53 Å². The molecule has 110 valence electrons. The number of hydrogen-bond acceptors (Lipinski definition) is 3. The molecule has 2 rings (SSSR count). The molecular weight excluding hydrogens is 252 g/mol. The number of nitrogens with two attached hydrogens (primary N) is 1. The largest absolute Gasteiger partial charge is 0.492 e. The average Bonchev–Trinajstić information content (AvgIpc) is 2.95. The maximum absolute atomic E-state index is 12.3. The topological polar surface area (TPSA) is 64.3 Å². The Kier molecular flexibility index (Phi) is 4.88. The van der Waals surface area contributed by atoms with Crippen LogP contribution in [0.4, 0.5) is 5.69 Å². The first-order valence-electron chi connectivity index (χ1n) is 7.43. The van der Waals surface area contributed by atoms with Crippen LogP contribution in [0.5, 0.6) is 5.75 Å². The SMILES string of the molecule is CCC1(C(=O)NCCOc2ccc(N)cc2)CCCC1. The highest BCUT2D eigenvalue weighted by Crippen LogP contribution is 2.40. The number of hydrogen-bond donors (Lipinski definition) is 2. The van der Waals surface area contributed by atoms with E-state index in [-0.39, 0.29) is 11.3 Å². The number of carbonyl (C=O) groups excluding carboxylic acids is 1. The summed E-state index contributed by atoms with van der Waals surface area (Å²) < 4.78 is 5.57. The third-order valence-corrected chi connectivity index (χ3v) is 4.26. The lowest BCUT2D eigenvalue weighted by Crippen LogP contribution is -2.40. The number of amides is 1. The van der Waals surface area contributed by atoms with E-state index in [1.165, 1.54) is 12.8 Å². The lowest BCUT2D eigenvalue weighted by atomic mass is 9.82. The van der Waals surface area contributed by atoms with Crippen LogP contribution in [-0.2, 0) is 4.79 Å². The molecule has 0 unspecified atom stereocenters. The molecule has 0 atom stereocenters. The number of carbonyl (C=O) groups is 1. The standard InChI is InChI=1S/C16H24N2O2/c1-2-16(9-3-4-10-16)15(19)18-11-12-20-14-7-5-13(17)6-8-14/h5-8H,2-4,9-12,17H2,1H3,(H,18,19). The second-order valence-electron chi connectivity index (χ2n) is 5.51. The third-order valence-electron chi connectivity index (χ3n) is 4.26. The highest BCUT2D eigenvalue weighted by atomic mass is 16.5. The van der Waals surface area contributed by atoms with Crippen molar-refractivity contribution in [1.82, 2.24) is 5.32 Å². The minimum absolute atomic E-state index is 0.124. The number of anilines is 1. The second-order valence-corrected chi connectivity index (χ2v) is 5.51. The van der Waals surface area contributed by atoms with Crippen LogP contribution in [0.2, 0.25) is 0 Å². The molecule has 3 N–H and O–H groups in total. The van der Waals surface area contributed by atoms with Crippen molar-refractivity contribution in [2.75, 3.05) is 18.9 Å². The minimum Gasteiger partial charge on any atom is -0.492 e. The molecule has 0 radical (unpaired) electrons. The number of nitrogen functional groups attached to an aromatic ring is 1. The molecule has 1 aromatic rings. The zero-order valence-corrected chi connectivity index (χ0v) is 12.2. The number of ether oxygens (including phenoxy) is 1. The normalized spacial score (nSPS) is 16.9. The number of rotatable bonds is 6. The molecule has 0 spiro atoms. The van der Waals surface area contributed by atoms with Gasteiger partial charge in [-0.3, -0.25) is 4.79 Å². The first-order chi connectivity index (χ1) is 9.66. The van der Waals surface area contributed by atoms with Gasteiger partial charge in [0.2, 0.25) is 5.91 Å². The van der Waals surface area contributed by atoms with Crippen LogP contribution in [0.3, 0.4) is 0 Å². The summed E-state index contributed by atoms with van der Waals surface area (Å²) in [6.07, 6.45) is 5.31. The number of benzene rings is 1. The summed E-state index contributed by atoms with van der Waals surface area (Å²) in [4.78, 5) is 12.3. The molecule has 1 aliphatic carbocycles. The van der Waals surface area contributed by atoms with Gasteiger partial charge in [-0.05, 0) is 43.5 Å². The Morgan fingerprint density at radius 1 is 1.30 bits per heavy atom. The van der Waals surface area contributed by atoms with Gasteiger partial charge < -0.3 is 15.8 Å². The smallest absolute Gasteiger partial charge is 0.226 e. The summed E-state index contributed by atoms with van der Waals surface area (Å²) in [7, 11) is 0. The van der Waals surface area contributed by atoms with E-state index in [0.717, 1.165) is 30.7 Å². The van der Waals surface area contributed by atoms with E-state index in [0.29, 0.717) is 13.2 Å². The Labute approximate surface area is 120 Å². The predicted octanol–water partition coefficient (Wildman–Crippen LogP) is 2.73. The van der Waals surface area contributed by atoms with Crippen LogP contribution >= 0.6 is 0 Å². The van der Waals surface area contributed by atoms with Crippen molar-refractivity contribution in [1.29, 1.82) is 0 Å². The summed E-state index contributed by atoms with van der Waals surface area (Å²) in [5.74, 6) is 0.970. The fourth-order valence-electron chi connectivity index (χ4n) is 2.88. The molecule has 0 bridgehead atoms. The quantitative estimate of drug-likeness (QED) is 0.620. The lowest BCUT2D eigenvalue weighted by Gasteiger charge is -2.25. The fraction of sp³-hybridized carbons (Fsp3) is 0.562. The zero-order valence-electron chi connectivity index (χ0n) is 12.2. The van der Waals surface area contributed by atoms with Gasteiger partial charge in [-0.1, -0.05) is 19.8 Å². The maximum Gasteiger partial charge on any atom is 0.226 e. The van der Waals surface area contributed by atoms with Crippen molar-refractivity contribution >= 4 is 11.6 Å². The molecule has 20 heavy (non-hydrogen) atoms. The van der Waals surface area contributed by atoms with Crippen molar-refractivity contribution in [3.05, 3.63) is 24.3 Å². The molecule has 1 fully saturated rings. The highest BCUT2D eigenvalue weighted by Gasteiger charge is 2.38. The van der Waals surface area contributed by atoms with Crippen molar-refractivity contribution in [3.8, 4) is 5.75 Å². The zero-order chi connectivity index (χ0) is 14.4. The predicted molar refractivity (Wildman–Crippen MR) is 80.6 cm³/mol. The molecule has 0 aromatic heterocycles. The van der Waals surface area contributed by atoms with Gasteiger partial charge in [0.15, 0.2) is 0 Å². The van der Waals surface area contributed by atoms with Crippen LogP contribution in [-0.4, -0.2) is 19.1 Å². The van der Waals surface area contributed by atoms with Crippen LogP contribution in [0.25, 0.3) is 0 Å². The van der Waals surface area contributed by atoms with E-state index in [1.54, 1.807) is 12.1 Å². The third kappa shape index (κ3) is 3.44. The monoisotopic (exact) mass is 276 g/mol. The van der Waals surface area contributed by atoms with Gasteiger partial charge in [-0.2, -0.15) is 0 Å². The highest BCUT2D eigenvalue weighted by molar-refractivity contribution is 5.82. The van der Waals surface area contributed by atoms with E-state index in [2.05, 4.69) is 12.2 Å². The molecule has 1 aromatic carbocycles. The van der Waals surface area contributed by atoms with Crippen LogP contribution < -0.4 is 15.8 Å². The molecule has 1 aliphatic rings. The van der Waals surface area contributed by atoms with Gasteiger partial charge in [0, 0.05) is 11.1 Å². The first-order valence-corrected chi connectivity index (χ1v) is 7.43. The molecule has 0 saturated heterocycles. The van der Waals surface area contributed by atoms with Gasteiger partial charge in [0.25, 0.3) is 0 Å². The molecular formula is C16H24N2O2. The van der Waals surface area contributed by atoms with E-state index >= 15 is 0 Å². The van der Waals surface area contributed by atoms with Crippen LogP contribution in [0, 0.1) is 5.41 Å². The van der Waals surface area contributed by atoms with Gasteiger partial charge in [0.1, 0.15) is 12.4 Å². The van der Waals surface area contributed by atoms with E-state index in [9.17, 15) is 4.79 Å². The second kappa shape index (κ2) is 6.64. The first kappa shape index (κ1) is 14.7. The Balaban J connectivity index is 1.73. The van der Waals surface area contributed by atoms with Crippen molar-refractivity contribution in [3.63, 3.8) is 0 Å². The molecule has 1 saturated carbocycles. The van der Waals surface area contributed by atoms with Crippen LogP contribution in [0.1, 0.15) is 39.0 Å². The molecule has 0 heterocycles. The summed E-state index contributed by atoms with van der Waals surface area (Å²) in [5, 5.41) is 3.01.